The molecule has 22 heavy (non-hydrogen) atoms. The van der Waals surface area contributed by atoms with Crippen LogP contribution in [0.4, 0.5) is 0 Å². The monoisotopic (exact) mass is 320 g/mol. The van der Waals surface area contributed by atoms with Crippen molar-refractivity contribution >= 4 is 22.8 Å². The molecule has 0 unspecified atom stereocenters. The maximum atomic E-state index is 12.4. The van der Waals surface area contributed by atoms with Crippen LogP contribution in [0.1, 0.15) is 45.6 Å². The number of benzene rings is 1. The second-order valence-corrected chi connectivity index (χ2v) is 6.93. The molecule has 0 aliphatic heterocycles. The zero-order chi connectivity index (χ0) is 16.4. The van der Waals surface area contributed by atoms with Crippen LogP contribution in [0.25, 0.3) is 0 Å². The fourth-order valence-corrected chi connectivity index (χ4v) is 2.84. The number of esters is 1. The zero-order valence-corrected chi connectivity index (χ0v) is 14.3. The van der Waals surface area contributed by atoms with Gasteiger partial charge >= 0.3 is 5.97 Å². The third-order valence-electron chi connectivity index (χ3n) is 3.13. The molecular formula is C18H24O3S. The number of hydrogen-bond acceptors (Lipinski definition) is 4. The minimum absolute atomic E-state index is 0.0979. The molecule has 0 spiro atoms. The largest absolute Gasteiger partial charge is 0.460 e. The lowest BCUT2D eigenvalue weighted by atomic mass is 10.1. The number of ether oxygens (including phenoxy) is 1. The molecule has 0 fully saturated rings. The highest BCUT2D eigenvalue weighted by Crippen LogP contribution is 2.29. The van der Waals surface area contributed by atoms with Gasteiger partial charge in [-0.05, 0) is 18.9 Å². The third-order valence-corrected chi connectivity index (χ3v) is 4.15. The van der Waals surface area contributed by atoms with Gasteiger partial charge in [0, 0.05) is 6.92 Å². The molecule has 3 nitrogen and oxygen atoms in total. The molecule has 1 atom stereocenters. The lowest BCUT2D eigenvalue weighted by Crippen LogP contribution is -2.32. The molecule has 0 aliphatic carbocycles. The summed E-state index contributed by atoms with van der Waals surface area (Å²) < 4.78 is 4.42. The Morgan fingerprint density at radius 3 is 2.55 bits per heavy atom. The Morgan fingerprint density at radius 1 is 1.27 bits per heavy atom. The highest BCUT2D eigenvalue weighted by atomic mass is 32.2. The molecule has 0 saturated heterocycles. The zero-order valence-electron chi connectivity index (χ0n) is 13.5. The van der Waals surface area contributed by atoms with Crippen LogP contribution in [-0.2, 0) is 20.9 Å². The topological polar surface area (TPSA) is 43.4 Å². The smallest absolute Gasteiger partial charge is 0.326 e. The number of carbonyl (C=O) groups excluding carboxylic acids is 2. The summed E-state index contributed by atoms with van der Waals surface area (Å²) in [4.78, 5) is 23.8. The predicted molar refractivity (Wildman–Crippen MR) is 91.6 cm³/mol. The standard InChI is InChI=1S/C18H24O3S/c1-4-5-6-10-13-18(3,22-15(2)19)17(20)21-14-16-11-8-7-9-12-16/h7-13H,4-6,14H2,1-3H3/b13-10+/t18-/m0/s1. The number of unbranched alkanes of at least 4 members (excludes halogenated alkanes) is 2. The normalized spacial score (nSPS) is 13.8. The Labute approximate surface area is 137 Å². The van der Waals surface area contributed by atoms with E-state index in [-0.39, 0.29) is 17.7 Å². The second-order valence-electron chi connectivity index (χ2n) is 5.31. The molecule has 1 aromatic carbocycles. The summed E-state index contributed by atoms with van der Waals surface area (Å²) in [5.41, 5.74) is 0.931. The Hall–Kier alpha value is -1.55. The van der Waals surface area contributed by atoms with E-state index in [2.05, 4.69) is 6.92 Å². The van der Waals surface area contributed by atoms with Gasteiger partial charge in [0.25, 0.3) is 0 Å². The second kappa shape index (κ2) is 9.46. The number of carbonyl (C=O) groups is 2. The lowest BCUT2D eigenvalue weighted by Gasteiger charge is -2.22. The summed E-state index contributed by atoms with van der Waals surface area (Å²) in [6.45, 7) is 5.53. The van der Waals surface area contributed by atoms with Crippen molar-refractivity contribution in [3.8, 4) is 0 Å². The first-order chi connectivity index (χ1) is 10.5. The summed E-state index contributed by atoms with van der Waals surface area (Å²) in [5, 5.41) is -0.0979. The number of thioether (sulfide) groups is 1. The van der Waals surface area contributed by atoms with Gasteiger partial charge in [-0.3, -0.25) is 9.59 Å². The van der Waals surface area contributed by atoms with E-state index < -0.39 is 4.75 Å². The van der Waals surface area contributed by atoms with E-state index in [9.17, 15) is 9.59 Å². The first-order valence-corrected chi connectivity index (χ1v) is 8.38. The van der Waals surface area contributed by atoms with E-state index in [4.69, 9.17) is 4.74 Å². The Kier molecular flexibility index (Phi) is 7.96. The molecule has 0 saturated carbocycles. The number of hydrogen-bond donors (Lipinski definition) is 0. The molecular weight excluding hydrogens is 296 g/mol. The number of rotatable bonds is 8. The Morgan fingerprint density at radius 2 is 1.95 bits per heavy atom. The molecule has 0 amide bonds. The van der Waals surface area contributed by atoms with Gasteiger partial charge in [-0.1, -0.05) is 74.0 Å². The van der Waals surface area contributed by atoms with Crippen molar-refractivity contribution in [3.63, 3.8) is 0 Å². The molecule has 4 heteroatoms. The average molecular weight is 320 g/mol. The van der Waals surface area contributed by atoms with Crippen LogP contribution in [0.5, 0.6) is 0 Å². The third kappa shape index (κ3) is 6.48. The fourth-order valence-electron chi connectivity index (χ4n) is 1.94. The van der Waals surface area contributed by atoms with Crippen molar-refractivity contribution in [3.05, 3.63) is 48.0 Å². The van der Waals surface area contributed by atoms with Gasteiger partial charge in [0.1, 0.15) is 11.4 Å². The summed E-state index contributed by atoms with van der Waals surface area (Å²) >= 11 is 1.00. The summed E-state index contributed by atoms with van der Waals surface area (Å²) in [6.07, 6.45) is 6.82. The maximum Gasteiger partial charge on any atom is 0.326 e. The van der Waals surface area contributed by atoms with Crippen molar-refractivity contribution in [2.45, 2.75) is 51.4 Å². The predicted octanol–water partition coefficient (Wildman–Crippen LogP) is 4.51. The maximum absolute atomic E-state index is 12.4. The summed E-state index contributed by atoms with van der Waals surface area (Å²) in [6, 6.07) is 9.52. The van der Waals surface area contributed by atoms with Crippen LogP contribution >= 0.6 is 11.8 Å². The van der Waals surface area contributed by atoms with Gasteiger partial charge in [0.2, 0.25) is 0 Å². The van der Waals surface area contributed by atoms with E-state index in [1.165, 1.54) is 6.92 Å². The number of allylic oxidation sites excluding steroid dienone is 1. The van der Waals surface area contributed by atoms with Gasteiger partial charge in [0.05, 0.1) is 0 Å². The minimum Gasteiger partial charge on any atom is -0.460 e. The van der Waals surface area contributed by atoms with E-state index in [1.807, 2.05) is 36.4 Å². The minimum atomic E-state index is -0.964. The van der Waals surface area contributed by atoms with Gasteiger partial charge in [0.15, 0.2) is 5.12 Å². The molecule has 0 bridgehead atoms. The van der Waals surface area contributed by atoms with Crippen LogP contribution in [0.2, 0.25) is 0 Å². The molecule has 1 aromatic rings. The lowest BCUT2D eigenvalue weighted by molar-refractivity contribution is -0.146. The van der Waals surface area contributed by atoms with E-state index in [0.717, 1.165) is 36.6 Å². The molecule has 1 rings (SSSR count). The van der Waals surface area contributed by atoms with E-state index in [1.54, 1.807) is 13.0 Å². The van der Waals surface area contributed by atoms with Crippen LogP contribution in [0, 0.1) is 0 Å². The molecule has 0 N–H and O–H groups in total. The van der Waals surface area contributed by atoms with Gasteiger partial charge < -0.3 is 4.74 Å². The quantitative estimate of drug-likeness (QED) is 0.401. The summed E-state index contributed by atoms with van der Waals surface area (Å²) in [5.74, 6) is -0.385. The van der Waals surface area contributed by atoms with Crippen LogP contribution < -0.4 is 0 Å². The van der Waals surface area contributed by atoms with Crippen molar-refractivity contribution in [2.24, 2.45) is 0 Å². The van der Waals surface area contributed by atoms with Crippen molar-refractivity contribution in [1.82, 2.24) is 0 Å². The van der Waals surface area contributed by atoms with Crippen LogP contribution in [-0.4, -0.2) is 15.8 Å². The van der Waals surface area contributed by atoms with Crippen molar-refractivity contribution in [2.75, 3.05) is 0 Å². The highest BCUT2D eigenvalue weighted by molar-refractivity contribution is 8.15. The molecule has 0 heterocycles. The average Bonchev–Trinajstić information content (AvgIpc) is 2.49. The van der Waals surface area contributed by atoms with Crippen molar-refractivity contribution < 1.29 is 14.3 Å². The molecule has 0 radical (unpaired) electrons. The summed E-state index contributed by atoms with van der Waals surface area (Å²) in [7, 11) is 0. The molecule has 0 aromatic heterocycles. The Balaban J connectivity index is 2.70. The van der Waals surface area contributed by atoms with Gasteiger partial charge in [-0.25, -0.2) is 0 Å². The molecule has 120 valence electrons. The van der Waals surface area contributed by atoms with Gasteiger partial charge in [-0.2, -0.15) is 0 Å². The van der Waals surface area contributed by atoms with E-state index >= 15 is 0 Å². The Bertz CT molecular complexity index is 510. The van der Waals surface area contributed by atoms with Gasteiger partial charge in [-0.15, -0.1) is 0 Å². The fraction of sp³-hybridized carbons (Fsp3) is 0.444. The highest BCUT2D eigenvalue weighted by Gasteiger charge is 2.34. The van der Waals surface area contributed by atoms with E-state index in [0.29, 0.717) is 0 Å². The van der Waals surface area contributed by atoms with Crippen LogP contribution in [0.3, 0.4) is 0 Å². The van der Waals surface area contributed by atoms with Crippen molar-refractivity contribution in [1.29, 1.82) is 0 Å². The first-order valence-electron chi connectivity index (χ1n) is 7.56. The molecule has 0 aliphatic rings. The SMILES string of the molecule is CCCC/C=C/[C@](C)(SC(C)=O)C(=O)OCc1ccccc1. The van der Waals surface area contributed by atoms with Crippen LogP contribution in [0.15, 0.2) is 42.5 Å². The first kappa shape index (κ1) is 18.5.